The summed E-state index contributed by atoms with van der Waals surface area (Å²) >= 11 is 0. The van der Waals surface area contributed by atoms with Crippen LogP contribution in [0.15, 0.2) is 80.8 Å². The number of aromatic amines is 1. The van der Waals surface area contributed by atoms with Gasteiger partial charge in [0.2, 0.25) is 0 Å². The molecule has 0 aliphatic carbocycles. The SMILES string of the molecule is Cc1cc(C(=O)NC(CO)CO)ccc1-c1cccc(COc2ccc(Cn3oc(=O)[nH]c3=O)cc2)c1. The van der Waals surface area contributed by atoms with Gasteiger partial charge >= 0.3 is 11.4 Å². The molecule has 0 unspecified atom stereocenters. The Bertz CT molecular complexity index is 1480. The normalized spacial score (nSPS) is 11.0. The number of aliphatic hydroxyl groups is 2. The van der Waals surface area contributed by atoms with E-state index in [0.717, 1.165) is 32.6 Å². The number of carbonyl (C=O) groups excluding carboxylic acids is 1. The number of carbonyl (C=O) groups is 1. The van der Waals surface area contributed by atoms with Gasteiger partial charge in [0.25, 0.3) is 5.91 Å². The molecule has 192 valence electrons. The number of H-pyrrole nitrogens is 1. The molecule has 4 rings (SSSR count). The molecule has 0 bridgehead atoms. The summed E-state index contributed by atoms with van der Waals surface area (Å²) < 4.78 is 11.6. The molecule has 1 amide bonds. The highest BCUT2D eigenvalue weighted by atomic mass is 16.5. The second-order valence-corrected chi connectivity index (χ2v) is 8.54. The molecule has 1 aromatic heterocycles. The van der Waals surface area contributed by atoms with Crippen molar-refractivity contribution in [1.29, 1.82) is 0 Å². The Morgan fingerprint density at radius 2 is 1.78 bits per heavy atom. The van der Waals surface area contributed by atoms with Gasteiger partial charge in [-0.15, -0.1) is 4.74 Å². The first-order valence-electron chi connectivity index (χ1n) is 11.6. The fourth-order valence-electron chi connectivity index (χ4n) is 3.82. The van der Waals surface area contributed by atoms with Gasteiger partial charge in [0.15, 0.2) is 0 Å². The van der Waals surface area contributed by atoms with E-state index in [-0.39, 0.29) is 25.7 Å². The van der Waals surface area contributed by atoms with Gasteiger partial charge in [0.1, 0.15) is 12.4 Å². The Kier molecular flexibility index (Phi) is 8.02. The molecule has 10 nitrogen and oxygen atoms in total. The molecule has 0 atom stereocenters. The number of aromatic nitrogens is 2. The average Bonchev–Trinajstić information content (AvgIpc) is 3.22. The van der Waals surface area contributed by atoms with Gasteiger partial charge in [-0.25, -0.2) is 14.6 Å². The van der Waals surface area contributed by atoms with Crippen LogP contribution in [0.3, 0.4) is 0 Å². The van der Waals surface area contributed by atoms with Crippen molar-refractivity contribution in [2.24, 2.45) is 0 Å². The van der Waals surface area contributed by atoms with E-state index >= 15 is 0 Å². The van der Waals surface area contributed by atoms with Crippen LogP contribution in [0.25, 0.3) is 11.1 Å². The van der Waals surface area contributed by atoms with Gasteiger partial charge in [-0.05, 0) is 65.1 Å². The van der Waals surface area contributed by atoms with Crippen molar-refractivity contribution < 1.29 is 24.3 Å². The fourth-order valence-corrected chi connectivity index (χ4v) is 3.82. The Balaban J connectivity index is 1.40. The third kappa shape index (κ3) is 6.43. The van der Waals surface area contributed by atoms with E-state index in [1.807, 2.05) is 42.2 Å². The number of hydrogen-bond donors (Lipinski definition) is 4. The minimum atomic E-state index is -0.793. The van der Waals surface area contributed by atoms with Crippen LogP contribution in [0, 0.1) is 6.92 Å². The van der Waals surface area contributed by atoms with Crippen molar-refractivity contribution >= 4 is 5.91 Å². The maximum absolute atomic E-state index is 12.4. The third-order valence-electron chi connectivity index (χ3n) is 5.79. The highest BCUT2D eigenvalue weighted by molar-refractivity contribution is 5.95. The monoisotopic (exact) mass is 505 g/mol. The van der Waals surface area contributed by atoms with Crippen molar-refractivity contribution in [3.63, 3.8) is 0 Å². The zero-order chi connectivity index (χ0) is 26.4. The molecule has 0 saturated carbocycles. The molecular formula is C27H27N3O7. The lowest BCUT2D eigenvalue weighted by atomic mass is 9.97. The Labute approximate surface area is 211 Å². The summed E-state index contributed by atoms with van der Waals surface area (Å²) in [5.74, 6) is -0.508. The quantitative estimate of drug-likeness (QED) is 0.257. The largest absolute Gasteiger partial charge is 0.489 e. The molecule has 4 aromatic rings. The van der Waals surface area contributed by atoms with Gasteiger partial charge in [0.05, 0.1) is 25.8 Å². The van der Waals surface area contributed by atoms with E-state index in [9.17, 15) is 24.6 Å². The summed E-state index contributed by atoms with van der Waals surface area (Å²) in [6.07, 6.45) is 0. The van der Waals surface area contributed by atoms with E-state index in [4.69, 9.17) is 9.26 Å². The lowest BCUT2D eigenvalue weighted by Crippen LogP contribution is -2.40. The Morgan fingerprint density at radius 3 is 2.43 bits per heavy atom. The standard InChI is InChI=1S/C27H27N3O7/c1-17-11-21(25(33)28-22(14-31)15-32)7-10-24(17)20-4-2-3-19(12-20)16-36-23-8-5-18(6-9-23)13-30-26(34)29-27(35)37-30/h2-12,22,31-32H,13-16H2,1H3,(H,28,33)(H,29,34,35). The number of nitrogens with one attached hydrogen (secondary N) is 2. The highest BCUT2D eigenvalue weighted by Gasteiger charge is 2.14. The number of nitrogens with zero attached hydrogens (tertiary/aromatic N) is 1. The summed E-state index contributed by atoms with van der Waals surface area (Å²) in [5.41, 5.74) is 4.42. The minimum absolute atomic E-state index is 0.128. The molecule has 0 aliphatic heterocycles. The Hall–Kier alpha value is -4.41. The summed E-state index contributed by atoms with van der Waals surface area (Å²) in [4.78, 5) is 37.1. The third-order valence-corrected chi connectivity index (χ3v) is 5.79. The number of hydrogen-bond acceptors (Lipinski definition) is 7. The molecule has 37 heavy (non-hydrogen) atoms. The van der Waals surface area contributed by atoms with Crippen molar-refractivity contribution in [1.82, 2.24) is 15.0 Å². The predicted octanol–water partition coefficient (Wildman–Crippen LogP) is 1.82. The smallest absolute Gasteiger partial charge is 0.440 e. The Morgan fingerprint density at radius 1 is 1.03 bits per heavy atom. The van der Waals surface area contributed by atoms with E-state index in [0.29, 0.717) is 17.9 Å². The molecule has 0 radical (unpaired) electrons. The molecule has 1 heterocycles. The maximum Gasteiger partial charge on any atom is 0.440 e. The first-order chi connectivity index (χ1) is 17.9. The summed E-state index contributed by atoms with van der Waals surface area (Å²) in [6, 6.07) is 19.7. The van der Waals surface area contributed by atoms with E-state index < -0.39 is 17.5 Å². The van der Waals surface area contributed by atoms with Crippen LogP contribution in [0.4, 0.5) is 0 Å². The fraction of sp³-hybridized carbons (Fsp3) is 0.222. The van der Waals surface area contributed by atoms with Crippen LogP contribution >= 0.6 is 0 Å². The number of ether oxygens (including phenoxy) is 1. The van der Waals surface area contributed by atoms with Gasteiger partial charge < -0.3 is 24.8 Å². The van der Waals surface area contributed by atoms with Gasteiger partial charge in [0, 0.05) is 5.56 Å². The number of amides is 1. The summed E-state index contributed by atoms with van der Waals surface area (Å²) in [5, 5.41) is 20.9. The van der Waals surface area contributed by atoms with Gasteiger partial charge in [-0.2, -0.15) is 0 Å². The second-order valence-electron chi connectivity index (χ2n) is 8.54. The first kappa shape index (κ1) is 25.7. The second kappa shape index (κ2) is 11.5. The number of rotatable bonds is 10. The zero-order valence-electron chi connectivity index (χ0n) is 20.1. The minimum Gasteiger partial charge on any atom is -0.489 e. The van der Waals surface area contributed by atoms with Crippen molar-refractivity contribution in [3.8, 4) is 16.9 Å². The van der Waals surface area contributed by atoms with E-state index in [1.54, 1.807) is 36.4 Å². The average molecular weight is 506 g/mol. The molecule has 0 spiro atoms. The lowest BCUT2D eigenvalue weighted by Gasteiger charge is -2.15. The number of aryl methyl sites for hydroxylation is 1. The molecule has 4 N–H and O–H groups in total. The number of aliphatic hydroxyl groups excluding tert-OH is 2. The van der Waals surface area contributed by atoms with E-state index in [1.165, 1.54) is 0 Å². The summed E-state index contributed by atoms with van der Waals surface area (Å²) in [7, 11) is 0. The van der Waals surface area contributed by atoms with Crippen molar-refractivity contribution in [3.05, 3.63) is 110 Å². The van der Waals surface area contributed by atoms with Crippen LogP contribution in [-0.2, 0) is 13.2 Å². The van der Waals surface area contributed by atoms with Crippen molar-refractivity contribution in [2.75, 3.05) is 13.2 Å². The van der Waals surface area contributed by atoms with Gasteiger partial charge in [-0.3, -0.25) is 4.79 Å². The first-order valence-corrected chi connectivity index (χ1v) is 11.6. The topological polar surface area (TPSA) is 147 Å². The van der Waals surface area contributed by atoms with Crippen LogP contribution in [0.1, 0.15) is 27.0 Å². The van der Waals surface area contributed by atoms with E-state index in [2.05, 4.69) is 5.32 Å². The van der Waals surface area contributed by atoms with Crippen molar-refractivity contribution in [2.45, 2.75) is 26.1 Å². The number of benzene rings is 3. The lowest BCUT2D eigenvalue weighted by molar-refractivity contribution is 0.0879. The molecule has 0 aliphatic rings. The van der Waals surface area contributed by atoms with Crippen LogP contribution in [0.2, 0.25) is 0 Å². The van der Waals surface area contributed by atoms with Crippen LogP contribution < -0.4 is 21.5 Å². The maximum atomic E-state index is 12.4. The molecule has 0 saturated heterocycles. The van der Waals surface area contributed by atoms with Crippen LogP contribution in [-0.4, -0.2) is 45.1 Å². The highest BCUT2D eigenvalue weighted by Crippen LogP contribution is 2.26. The molecule has 10 heteroatoms. The summed E-state index contributed by atoms with van der Waals surface area (Å²) in [6.45, 7) is 1.70. The van der Waals surface area contributed by atoms with Crippen LogP contribution in [0.5, 0.6) is 5.75 Å². The molecule has 0 fully saturated rings. The zero-order valence-corrected chi connectivity index (χ0v) is 20.1. The molecular weight excluding hydrogens is 478 g/mol. The molecule has 3 aromatic carbocycles. The predicted molar refractivity (Wildman–Crippen MR) is 136 cm³/mol. The van der Waals surface area contributed by atoms with Gasteiger partial charge in [-0.1, -0.05) is 36.4 Å².